The van der Waals surface area contributed by atoms with E-state index in [1.165, 1.54) is 17.8 Å². The topological polar surface area (TPSA) is 38.9 Å². The van der Waals surface area contributed by atoms with E-state index in [4.69, 9.17) is 4.52 Å². The molecule has 96 valence electrons. The fraction of sp³-hybridized carbons (Fsp3) is 0.0769. The van der Waals surface area contributed by atoms with Gasteiger partial charge in [-0.15, -0.1) is 23.1 Å². The molecule has 0 spiro atoms. The minimum atomic E-state index is -0.227. The van der Waals surface area contributed by atoms with Gasteiger partial charge in [0.05, 0.1) is 10.6 Å². The van der Waals surface area contributed by atoms with Crippen LogP contribution in [0.5, 0.6) is 0 Å². The zero-order chi connectivity index (χ0) is 13.1. The van der Waals surface area contributed by atoms with E-state index >= 15 is 0 Å². The molecule has 3 aromatic rings. The molecule has 0 saturated carbocycles. The summed E-state index contributed by atoms with van der Waals surface area (Å²) in [5.74, 6) is 1.33. The first-order valence-corrected chi connectivity index (χ1v) is 7.43. The van der Waals surface area contributed by atoms with Crippen molar-refractivity contribution in [2.75, 3.05) is 0 Å². The second-order valence-electron chi connectivity index (χ2n) is 3.71. The predicted octanol–water partition coefficient (Wildman–Crippen LogP) is 4.23. The summed E-state index contributed by atoms with van der Waals surface area (Å²) in [6, 6.07) is 10.5. The Morgan fingerprint density at radius 2 is 2.11 bits per heavy atom. The quantitative estimate of drug-likeness (QED) is 0.675. The molecule has 0 aliphatic carbocycles. The molecule has 0 radical (unpaired) electrons. The number of nitrogens with zero attached hydrogens (tertiary/aromatic N) is 2. The van der Waals surface area contributed by atoms with E-state index in [2.05, 4.69) is 10.1 Å². The highest BCUT2D eigenvalue weighted by Gasteiger charge is 2.10. The van der Waals surface area contributed by atoms with Crippen LogP contribution in [-0.2, 0) is 5.75 Å². The Hall–Kier alpha value is -1.66. The Labute approximate surface area is 117 Å². The summed E-state index contributed by atoms with van der Waals surface area (Å²) in [4.78, 5) is 5.81. The molecule has 3 nitrogen and oxygen atoms in total. The molecule has 2 aromatic heterocycles. The fourth-order valence-electron chi connectivity index (χ4n) is 1.52. The molecule has 0 bridgehead atoms. The van der Waals surface area contributed by atoms with Gasteiger partial charge in [-0.2, -0.15) is 4.98 Å². The summed E-state index contributed by atoms with van der Waals surface area (Å²) in [5, 5.41) is 5.85. The van der Waals surface area contributed by atoms with E-state index in [1.807, 2.05) is 17.5 Å². The van der Waals surface area contributed by atoms with E-state index in [0.29, 0.717) is 22.4 Å². The van der Waals surface area contributed by atoms with Crippen molar-refractivity contribution in [1.29, 1.82) is 0 Å². The minimum absolute atomic E-state index is 0.227. The highest BCUT2D eigenvalue weighted by molar-refractivity contribution is 7.98. The van der Waals surface area contributed by atoms with Crippen LogP contribution < -0.4 is 0 Å². The van der Waals surface area contributed by atoms with Crippen molar-refractivity contribution in [3.63, 3.8) is 0 Å². The molecule has 0 amide bonds. The van der Waals surface area contributed by atoms with Gasteiger partial charge < -0.3 is 4.52 Å². The van der Waals surface area contributed by atoms with Gasteiger partial charge in [0.1, 0.15) is 5.82 Å². The number of halogens is 1. The molecule has 0 aliphatic heterocycles. The number of thioether (sulfide) groups is 1. The van der Waals surface area contributed by atoms with Crippen LogP contribution in [-0.4, -0.2) is 10.1 Å². The van der Waals surface area contributed by atoms with E-state index in [0.717, 1.165) is 4.88 Å². The Morgan fingerprint density at radius 1 is 1.21 bits per heavy atom. The molecule has 0 aliphatic rings. The third-order valence-corrected chi connectivity index (χ3v) is 4.30. The van der Waals surface area contributed by atoms with Crippen LogP contribution in [0.1, 0.15) is 5.82 Å². The SMILES string of the molecule is Fc1ccccc1SCc1noc(-c2cccs2)n1. The Morgan fingerprint density at radius 3 is 2.89 bits per heavy atom. The molecule has 6 heteroatoms. The third kappa shape index (κ3) is 2.85. The summed E-state index contributed by atoms with van der Waals surface area (Å²) in [6.45, 7) is 0. The average molecular weight is 292 g/mol. The minimum Gasteiger partial charge on any atom is -0.333 e. The maximum Gasteiger partial charge on any atom is 0.268 e. The summed E-state index contributed by atoms with van der Waals surface area (Å²) in [6.07, 6.45) is 0. The van der Waals surface area contributed by atoms with Crippen molar-refractivity contribution >= 4 is 23.1 Å². The number of aromatic nitrogens is 2. The largest absolute Gasteiger partial charge is 0.333 e. The highest BCUT2D eigenvalue weighted by Crippen LogP contribution is 2.26. The van der Waals surface area contributed by atoms with Gasteiger partial charge in [-0.3, -0.25) is 0 Å². The first kappa shape index (κ1) is 12.4. The van der Waals surface area contributed by atoms with Crippen LogP contribution in [0.4, 0.5) is 4.39 Å². The lowest BCUT2D eigenvalue weighted by Crippen LogP contribution is -1.85. The first-order chi connectivity index (χ1) is 9.33. The summed E-state index contributed by atoms with van der Waals surface area (Å²) < 4.78 is 18.6. The molecule has 0 saturated heterocycles. The van der Waals surface area contributed by atoms with Crippen molar-refractivity contribution in [2.24, 2.45) is 0 Å². The average Bonchev–Trinajstić information content (AvgIpc) is 3.09. The van der Waals surface area contributed by atoms with Gasteiger partial charge in [0, 0.05) is 4.90 Å². The molecular weight excluding hydrogens is 283 g/mol. The van der Waals surface area contributed by atoms with Crippen molar-refractivity contribution in [2.45, 2.75) is 10.6 Å². The monoisotopic (exact) mass is 292 g/mol. The van der Waals surface area contributed by atoms with Crippen molar-refractivity contribution in [1.82, 2.24) is 10.1 Å². The lowest BCUT2D eigenvalue weighted by molar-refractivity contribution is 0.426. The molecule has 2 heterocycles. The maximum absolute atomic E-state index is 13.4. The van der Waals surface area contributed by atoms with Gasteiger partial charge in [-0.05, 0) is 23.6 Å². The van der Waals surface area contributed by atoms with E-state index in [9.17, 15) is 4.39 Å². The number of benzene rings is 1. The molecule has 1 aromatic carbocycles. The number of hydrogen-bond acceptors (Lipinski definition) is 5. The molecular formula is C13H9FN2OS2. The van der Waals surface area contributed by atoms with Crippen molar-refractivity contribution in [3.05, 3.63) is 53.4 Å². The van der Waals surface area contributed by atoms with E-state index in [-0.39, 0.29) is 5.82 Å². The molecule has 0 atom stereocenters. The van der Waals surface area contributed by atoms with E-state index < -0.39 is 0 Å². The second-order valence-corrected chi connectivity index (χ2v) is 5.68. The van der Waals surface area contributed by atoms with Crippen LogP contribution in [0.2, 0.25) is 0 Å². The van der Waals surface area contributed by atoms with Gasteiger partial charge in [0.2, 0.25) is 0 Å². The molecule has 0 unspecified atom stereocenters. The van der Waals surface area contributed by atoms with Crippen LogP contribution in [0, 0.1) is 5.82 Å². The van der Waals surface area contributed by atoms with Crippen LogP contribution in [0.25, 0.3) is 10.8 Å². The fourth-order valence-corrected chi connectivity index (χ4v) is 2.94. The molecule has 3 rings (SSSR count). The Kier molecular flexibility index (Phi) is 3.61. The van der Waals surface area contributed by atoms with E-state index in [1.54, 1.807) is 29.5 Å². The number of hydrogen-bond donors (Lipinski definition) is 0. The van der Waals surface area contributed by atoms with Crippen molar-refractivity contribution < 1.29 is 8.91 Å². The van der Waals surface area contributed by atoms with Crippen LogP contribution >= 0.6 is 23.1 Å². The zero-order valence-electron chi connectivity index (χ0n) is 9.75. The highest BCUT2D eigenvalue weighted by atomic mass is 32.2. The zero-order valence-corrected chi connectivity index (χ0v) is 11.4. The van der Waals surface area contributed by atoms with Crippen LogP contribution in [0.15, 0.2) is 51.2 Å². The predicted molar refractivity (Wildman–Crippen MR) is 73.6 cm³/mol. The van der Waals surface area contributed by atoms with Gasteiger partial charge in [0.15, 0.2) is 5.82 Å². The standard InChI is InChI=1S/C13H9FN2OS2/c14-9-4-1-2-5-10(9)19-8-12-15-13(17-16-12)11-6-3-7-18-11/h1-7H,8H2. The Bertz CT molecular complexity index is 667. The number of thiophene rings is 1. The summed E-state index contributed by atoms with van der Waals surface area (Å²) >= 11 is 2.90. The lowest BCUT2D eigenvalue weighted by atomic mass is 10.3. The van der Waals surface area contributed by atoms with Gasteiger partial charge >= 0.3 is 0 Å². The lowest BCUT2D eigenvalue weighted by Gasteiger charge is -1.98. The normalized spacial score (nSPS) is 10.8. The van der Waals surface area contributed by atoms with Crippen molar-refractivity contribution in [3.8, 4) is 10.8 Å². The van der Waals surface area contributed by atoms with Gasteiger partial charge in [-0.25, -0.2) is 4.39 Å². The first-order valence-electron chi connectivity index (χ1n) is 5.57. The second kappa shape index (κ2) is 5.54. The molecule has 0 fully saturated rings. The Balaban J connectivity index is 1.70. The third-order valence-electron chi connectivity index (χ3n) is 2.39. The summed E-state index contributed by atoms with van der Waals surface area (Å²) in [7, 11) is 0. The van der Waals surface area contributed by atoms with Gasteiger partial charge in [0.25, 0.3) is 5.89 Å². The number of rotatable bonds is 4. The molecule has 0 N–H and O–H groups in total. The maximum atomic E-state index is 13.4. The smallest absolute Gasteiger partial charge is 0.268 e. The van der Waals surface area contributed by atoms with Crippen LogP contribution in [0.3, 0.4) is 0 Å². The van der Waals surface area contributed by atoms with Gasteiger partial charge in [-0.1, -0.05) is 23.4 Å². The summed E-state index contributed by atoms with van der Waals surface area (Å²) in [5.41, 5.74) is 0. The molecule has 19 heavy (non-hydrogen) atoms.